The van der Waals surface area contributed by atoms with E-state index in [-0.39, 0.29) is 11.6 Å². The standard InChI is InChI=1S/C20H26O2/c1-19(21)17-15-13-11-9-7-5-3-4-6-8-10-12-14-16-18-20(2)22/h15-18H,7-14H2,1-2H3/b17-15+,18-16+. The van der Waals surface area contributed by atoms with Gasteiger partial charge >= 0.3 is 0 Å². The summed E-state index contributed by atoms with van der Waals surface area (Å²) in [6.45, 7) is 3.12. The van der Waals surface area contributed by atoms with Gasteiger partial charge in [0.15, 0.2) is 11.6 Å². The van der Waals surface area contributed by atoms with Gasteiger partial charge in [0, 0.05) is 12.8 Å². The lowest BCUT2D eigenvalue weighted by Crippen LogP contribution is -1.80. The molecule has 0 bridgehead atoms. The highest BCUT2D eigenvalue weighted by Gasteiger charge is 1.86. The van der Waals surface area contributed by atoms with Gasteiger partial charge in [0.25, 0.3) is 0 Å². The molecule has 2 nitrogen and oxygen atoms in total. The Bertz CT molecular complexity index is 453. The van der Waals surface area contributed by atoms with Crippen molar-refractivity contribution in [3.63, 3.8) is 0 Å². The summed E-state index contributed by atoms with van der Waals surface area (Å²) < 4.78 is 0. The minimum Gasteiger partial charge on any atom is -0.295 e. The van der Waals surface area contributed by atoms with Gasteiger partial charge in [-0.05, 0) is 76.4 Å². The molecule has 0 radical (unpaired) electrons. The zero-order valence-electron chi connectivity index (χ0n) is 13.8. The summed E-state index contributed by atoms with van der Waals surface area (Å²) >= 11 is 0. The third-order valence-electron chi connectivity index (χ3n) is 2.79. The maximum absolute atomic E-state index is 10.7. The van der Waals surface area contributed by atoms with Gasteiger partial charge in [-0.3, -0.25) is 9.59 Å². The van der Waals surface area contributed by atoms with E-state index in [2.05, 4.69) is 23.7 Å². The van der Waals surface area contributed by atoms with Gasteiger partial charge in [-0.15, -0.1) is 0 Å². The van der Waals surface area contributed by atoms with Crippen molar-refractivity contribution in [2.75, 3.05) is 0 Å². The van der Waals surface area contributed by atoms with Crippen LogP contribution in [0.2, 0.25) is 0 Å². The van der Waals surface area contributed by atoms with Crippen molar-refractivity contribution in [3.8, 4) is 23.7 Å². The lowest BCUT2D eigenvalue weighted by atomic mass is 10.2. The number of hydrogen-bond donors (Lipinski definition) is 0. The first-order valence-electron chi connectivity index (χ1n) is 7.93. The maximum Gasteiger partial charge on any atom is 0.152 e. The molecule has 0 unspecified atom stereocenters. The van der Waals surface area contributed by atoms with Crippen molar-refractivity contribution in [1.82, 2.24) is 0 Å². The average Bonchev–Trinajstić information content (AvgIpc) is 2.46. The van der Waals surface area contributed by atoms with E-state index in [1.807, 2.05) is 12.2 Å². The molecule has 0 aliphatic rings. The highest BCUT2D eigenvalue weighted by atomic mass is 16.1. The van der Waals surface area contributed by atoms with E-state index in [9.17, 15) is 9.59 Å². The topological polar surface area (TPSA) is 34.1 Å². The van der Waals surface area contributed by atoms with Gasteiger partial charge in [-0.25, -0.2) is 0 Å². The molecule has 0 N–H and O–H groups in total. The third-order valence-corrected chi connectivity index (χ3v) is 2.79. The van der Waals surface area contributed by atoms with Crippen molar-refractivity contribution >= 4 is 11.6 Å². The summed E-state index contributed by atoms with van der Waals surface area (Å²) in [5.41, 5.74) is 0. The van der Waals surface area contributed by atoms with Crippen molar-refractivity contribution in [3.05, 3.63) is 24.3 Å². The van der Waals surface area contributed by atoms with E-state index >= 15 is 0 Å². The average molecular weight is 298 g/mol. The third kappa shape index (κ3) is 17.9. The lowest BCUT2D eigenvalue weighted by Gasteiger charge is -1.90. The Morgan fingerprint density at radius 1 is 0.727 bits per heavy atom. The van der Waals surface area contributed by atoms with Crippen LogP contribution in [0, 0.1) is 23.7 Å². The number of hydrogen-bond acceptors (Lipinski definition) is 2. The van der Waals surface area contributed by atoms with E-state index in [0.717, 1.165) is 51.4 Å². The number of unbranched alkanes of at least 4 members (excludes halogenated alkanes) is 6. The number of allylic oxidation sites excluding steroid dienone is 4. The zero-order valence-corrected chi connectivity index (χ0v) is 13.8. The Morgan fingerprint density at radius 2 is 1.14 bits per heavy atom. The molecule has 22 heavy (non-hydrogen) atoms. The van der Waals surface area contributed by atoms with Gasteiger partial charge in [-0.2, -0.15) is 0 Å². The van der Waals surface area contributed by atoms with Crippen LogP contribution in [0.1, 0.15) is 65.2 Å². The fraction of sp³-hybridized carbons (Fsp3) is 0.500. The van der Waals surface area contributed by atoms with Crippen LogP contribution in [0.25, 0.3) is 0 Å². The molecule has 0 heterocycles. The maximum atomic E-state index is 10.7. The van der Waals surface area contributed by atoms with Gasteiger partial charge in [0.1, 0.15) is 0 Å². The Hall–Kier alpha value is -2.06. The van der Waals surface area contributed by atoms with E-state index < -0.39 is 0 Å². The minimum absolute atomic E-state index is 0.102. The fourth-order valence-electron chi connectivity index (χ4n) is 1.66. The second-order valence-electron chi connectivity index (χ2n) is 5.12. The van der Waals surface area contributed by atoms with Crippen LogP contribution in [-0.2, 0) is 9.59 Å². The molecule has 0 rings (SSSR count). The Balaban J connectivity index is 3.48. The van der Waals surface area contributed by atoms with Crippen LogP contribution in [-0.4, -0.2) is 11.6 Å². The predicted octanol–water partition coefficient (Wildman–Crippen LogP) is 4.40. The molecule has 0 saturated carbocycles. The SMILES string of the molecule is CC(=O)/C=C/CCCCC#CC#CCCCC/C=C/C(C)=O. The predicted molar refractivity (Wildman–Crippen MR) is 92.1 cm³/mol. The second kappa shape index (κ2) is 15.3. The zero-order chi connectivity index (χ0) is 16.5. The number of rotatable bonds is 10. The number of carbonyl (C=O) groups excluding carboxylic acids is 2. The second-order valence-corrected chi connectivity index (χ2v) is 5.12. The van der Waals surface area contributed by atoms with Crippen LogP contribution < -0.4 is 0 Å². The smallest absolute Gasteiger partial charge is 0.152 e. The van der Waals surface area contributed by atoms with E-state index in [1.165, 1.54) is 0 Å². The molecular weight excluding hydrogens is 272 g/mol. The molecule has 0 aromatic rings. The van der Waals surface area contributed by atoms with Crippen molar-refractivity contribution < 1.29 is 9.59 Å². The molecule has 0 spiro atoms. The van der Waals surface area contributed by atoms with Crippen LogP contribution >= 0.6 is 0 Å². The summed E-state index contributed by atoms with van der Waals surface area (Å²) in [7, 11) is 0. The first-order chi connectivity index (χ1) is 10.6. The molecule has 0 saturated heterocycles. The summed E-state index contributed by atoms with van der Waals surface area (Å²) in [5, 5.41) is 0. The molecule has 2 heteroatoms. The minimum atomic E-state index is 0.102. The van der Waals surface area contributed by atoms with Gasteiger partial charge in [-0.1, -0.05) is 24.0 Å². The van der Waals surface area contributed by atoms with Crippen LogP contribution in [0.5, 0.6) is 0 Å². The summed E-state index contributed by atoms with van der Waals surface area (Å²) in [6.07, 6.45) is 14.9. The molecule has 0 aromatic heterocycles. The summed E-state index contributed by atoms with van der Waals surface area (Å²) in [5.74, 6) is 12.0. The molecule has 118 valence electrons. The van der Waals surface area contributed by atoms with Gasteiger partial charge in [0.2, 0.25) is 0 Å². The van der Waals surface area contributed by atoms with E-state index in [4.69, 9.17) is 0 Å². The van der Waals surface area contributed by atoms with Crippen molar-refractivity contribution in [1.29, 1.82) is 0 Å². The summed E-state index contributed by atoms with van der Waals surface area (Å²) in [6, 6.07) is 0. The quantitative estimate of drug-likeness (QED) is 0.340. The number of carbonyl (C=O) groups is 2. The molecule has 0 amide bonds. The van der Waals surface area contributed by atoms with E-state index in [0.29, 0.717) is 0 Å². The van der Waals surface area contributed by atoms with Gasteiger partial charge in [0.05, 0.1) is 0 Å². The monoisotopic (exact) mass is 298 g/mol. The van der Waals surface area contributed by atoms with Crippen LogP contribution in [0.15, 0.2) is 24.3 Å². The van der Waals surface area contributed by atoms with Crippen LogP contribution in [0.4, 0.5) is 0 Å². The molecule has 0 aliphatic carbocycles. The molecule has 0 aliphatic heterocycles. The van der Waals surface area contributed by atoms with Gasteiger partial charge < -0.3 is 0 Å². The van der Waals surface area contributed by atoms with Crippen molar-refractivity contribution in [2.45, 2.75) is 65.2 Å². The first-order valence-corrected chi connectivity index (χ1v) is 7.93. The molecular formula is C20H26O2. The highest BCUT2D eigenvalue weighted by molar-refractivity contribution is 5.87. The summed E-state index contributed by atoms with van der Waals surface area (Å²) in [4.78, 5) is 21.3. The largest absolute Gasteiger partial charge is 0.295 e. The van der Waals surface area contributed by atoms with E-state index in [1.54, 1.807) is 26.0 Å². The molecule has 0 atom stereocenters. The fourth-order valence-corrected chi connectivity index (χ4v) is 1.66. The normalized spacial score (nSPS) is 10.1. The Labute approximate surface area is 135 Å². The van der Waals surface area contributed by atoms with Crippen LogP contribution in [0.3, 0.4) is 0 Å². The van der Waals surface area contributed by atoms with Crippen molar-refractivity contribution in [2.24, 2.45) is 0 Å². The Morgan fingerprint density at radius 3 is 1.50 bits per heavy atom. The first kappa shape index (κ1) is 19.9. The Kier molecular flexibility index (Phi) is 13.9. The molecule has 0 aromatic carbocycles. The highest BCUT2D eigenvalue weighted by Crippen LogP contribution is 2.00. The lowest BCUT2D eigenvalue weighted by molar-refractivity contribution is -0.113. The number of ketones is 2. The molecule has 0 fully saturated rings.